The van der Waals surface area contributed by atoms with Crippen molar-refractivity contribution in [1.82, 2.24) is 14.7 Å². The lowest BCUT2D eigenvalue weighted by atomic mass is 10.2. The summed E-state index contributed by atoms with van der Waals surface area (Å²) < 4.78 is 26.6. The monoisotopic (exact) mass is 335 g/mol. The maximum absolute atomic E-state index is 12.8. The first-order valence-electron chi connectivity index (χ1n) is 7.63. The summed E-state index contributed by atoms with van der Waals surface area (Å²) in [6, 6.07) is 7.87. The van der Waals surface area contributed by atoms with Crippen LogP contribution in [0.25, 0.3) is 0 Å². The van der Waals surface area contributed by atoms with Crippen molar-refractivity contribution in [2.24, 2.45) is 0 Å². The Morgan fingerprint density at radius 1 is 1.13 bits per heavy atom. The van der Waals surface area contributed by atoms with Gasteiger partial charge in [0.2, 0.25) is 9.84 Å². The first-order chi connectivity index (χ1) is 11.0. The number of benzene rings is 1. The van der Waals surface area contributed by atoms with Crippen molar-refractivity contribution in [3.63, 3.8) is 0 Å². The molecule has 124 valence electrons. The Kier molecular flexibility index (Phi) is 5.20. The molecule has 1 aromatic heterocycles. The molecule has 0 unspecified atom stereocenters. The van der Waals surface area contributed by atoms with Crippen molar-refractivity contribution in [3.8, 4) is 0 Å². The van der Waals surface area contributed by atoms with Crippen LogP contribution >= 0.6 is 0 Å². The van der Waals surface area contributed by atoms with Crippen LogP contribution in [0.4, 0.5) is 4.79 Å². The number of carbonyl (C=O) groups excluding carboxylic acids is 1. The number of hydrogen-bond acceptors (Lipinski definition) is 4. The summed E-state index contributed by atoms with van der Waals surface area (Å²) in [7, 11) is -3.74. The predicted molar refractivity (Wildman–Crippen MR) is 87.2 cm³/mol. The van der Waals surface area contributed by atoms with E-state index in [2.05, 4.69) is 5.10 Å². The Morgan fingerprint density at radius 3 is 2.39 bits per heavy atom. The van der Waals surface area contributed by atoms with E-state index in [1.165, 1.54) is 12.3 Å². The highest BCUT2D eigenvalue weighted by Crippen LogP contribution is 2.23. The number of sulfone groups is 1. The summed E-state index contributed by atoms with van der Waals surface area (Å²) in [4.78, 5) is 14.1. The van der Waals surface area contributed by atoms with Crippen LogP contribution < -0.4 is 0 Å². The first kappa shape index (κ1) is 17.2. The van der Waals surface area contributed by atoms with Gasteiger partial charge in [-0.15, -0.1) is 0 Å². The first-order valence-corrected chi connectivity index (χ1v) is 9.11. The van der Waals surface area contributed by atoms with Gasteiger partial charge in [0.05, 0.1) is 4.90 Å². The van der Waals surface area contributed by atoms with Crippen LogP contribution in [-0.2, 0) is 16.3 Å². The van der Waals surface area contributed by atoms with Crippen molar-refractivity contribution in [2.75, 3.05) is 13.1 Å². The SMILES string of the molecule is CCc1ccccc1S(=O)(=O)c1ccn(C(=O)N(CC)CC)n1. The minimum absolute atomic E-state index is 0.112. The van der Waals surface area contributed by atoms with Gasteiger partial charge in [0, 0.05) is 19.3 Å². The number of aryl methyl sites for hydroxylation is 1. The topological polar surface area (TPSA) is 72.3 Å². The fourth-order valence-electron chi connectivity index (χ4n) is 2.37. The van der Waals surface area contributed by atoms with E-state index in [1.807, 2.05) is 20.8 Å². The minimum atomic E-state index is -3.74. The van der Waals surface area contributed by atoms with E-state index in [0.717, 1.165) is 10.2 Å². The number of rotatable bonds is 5. The molecule has 0 aliphatic carbocycles. The molecule has 0 radical (unpaired) electrons. The van der Waals surface area contributed by atoms with Gasteiger partial charge in [0.15, 0.2) is 5.03 Å². The van der Waals surface area contributed by atoms with Gasteiger partial charge < -0.3 is 4.90 Å². The average Bonchev–Trinajstić information content (AvgIpc) is 3.06. The van der Waals surface area contributed by atoms with Crippen LogP contribution in [0.15, 0.2) is 46.5 Å². The highest BCUT2D eigenvalue weighted by Gasteiger charge is 2.24. The second kappa shape index (κ2) is 6.95. The molecule has 1 aromatic carbocycles. The molecule has 2 rings (SSSR count). The maximum atomic E-state index is 12.8. The standard InChI is InChI=1S/C16H21N3O3S/c1-4-13-9-7-8-10-14(13)23(21,22)15-11-12-19(17-15)16(20)18(5-2)6-3/h7-12H,4-6H2,1-3H3. The van der Waals surface area contributed by atoms with Gasteiger partial charge in [-0.05, 0) is 38.0 Å². The van der Waals surface area contributed by atoms with Crippen molar-refractivity contribution in [3.05, 3.63) is 42.1 Å². The Balaban J connectivity index is 2.41. The Morgan fingerprint density at radius 2 is 1.78 bits per heavy atom. The molecule has 0 bridgehead atoms. The van der Waals surface area contributed by atoms with E-state index in [1.54, 1.807) is 29.2 Å². The molecule has 0 spiro atoms. The molecular formula is C16H21N3O3S. The summed E-state index contributed by atoms with van der Waals surface area (Å²) in [5, 5.41) is 3.88. The van der Waals surface area contributed by atoms with Gasteiger partial charge in [-0.2, -0.15) is 9.78 Å². The lowest BCUT2D eigenvalue weighted by Crippen LogP contribution is -2.34. The molecule has 0 saturated heterocycles. The highest BCUT2D eigenvalue weighted by molar-refractivity contribution is 7.91. The van der Waals surface area contributed by atoms with E-state index in [0.29, 0.717) is 19.5 Å². The third-order valence-electron chi connectivity index (χ3n) is 3.71. The van der Waals surface area contributed by atoms with Gasteiger partial charge in [-0.1, -0.05) is 25.1 Å². The molecule has 6 nitrogen and oxygen atoms in total. The largest absolute Gasteiger partial charge is 0.344 e. The minimum Gasteiger partial charge on any atom is -0.323 e. The molecule has 23 heavy (non-hydrogen) atoms. The average molecular weight is 335 g/mol. The Hall–Kier alpha value is -2.15. The molecule has 0 saturated carbocycles. The number of hydrogen-bond donors (Lipinski definition) is 0. The molecule has 1 amide bonds. The number of aromatic nitrogens is 2. The van der Waals surface area contributed by atoms with E-state index >= 15 is 0 Å². The van der Waals surface area contributed by atoms with Crippen molar-refractivity contribution in [1.29, 1.82) is 0 Å². The molecule has 0 aliphatic rings. The number of carbonyl (C=O) groups is 1. The lowest BCUT2D eigenvalue weighted by Gasteiger charge is -2.17. The van der Waals surface area contributed by atoms with E-state index in [9.17, 15) is 13.2 Å². The molecule has 2 aromatic rings. The fraction of sp³-hybridized carbons (Fsp3) is 0.375. The summed E-state index contributed by atoms with van der Waals surface area (Å²) in [5.41, 5.74) is 0.733. The van der Waals surface area contributed by atoms with Gasteiger partial charge >= 0.3 is 6.03 Å². The zero-order chi connectivity index (χ0) is 17.0. The van der Waals surface area contributed by atoms with Crippen LogP contribution in [0.5, 0.6) is 0 Å². The highest BCUT2D eigenvalue weighted by atomic mass is 32.2. The summed E-state index contributed by atoms with van der Waals surface area (Å²) in [5.74, 6) is 0. The zero-order valence-corrected chi connectivity index (χ0v) is 14.4. The number of amides is 1. The molecule has 0 aliphatic heterocycles. The van der Waals surface area contributed by atoms with Crippen LogP contribution in [0, 0.1) is 0 Å². The van der Waals surface area contributed by atoms with E-state index in [-0.39, 0.29) is 16.0 Å². The summed E-state index contributed by atoms with van der Waals surface area (Å²) in [6.07, 6.45) is 2.00. The molecule has 7 heteroatoms. The molecule has 0 atom stereocenters. The van der Waals surface area contributed by atoms with Crippen molar-refractivity contribution >= 4 is 15.9 Å². The van der Waals surface area contributed by atoms with Gasteiger partial charge in [0.1, 0.15) is 0 Å². The number of nitrogens with zero attached hydrogens (tertiary/aromatic N) is 3. The van der Waals surface area contributed by atoms with Crippen LogP contribution in [0.3, 0.4) is 0 Å². The lowest BCUT2D eigenvalue weighted by molar-refractivity contribution is 0.201. The maximum Gasteiger partial charge on any atom is 0.344 e. The zero-order valence-electron chi connectivity index (χ0n) is 13.6. The van der Waals surface area contributed by atoms with E-state index < -0.39 is 9.84 Å². The Labute approximate surface area is 136 Å². The van der Waals surface area contributed by atoms with Gasteiger partial charge in [-0.3, -0.25) is 0 Å². The summed E-state index contributed by atoms with van der Waals surface area (Å²) in [6.45, 7) is 6.70. The van der Waals surface area contributed by atoms with E-state index in [4.69, 9.17) is 0 Å². The molecular weight excluding hydrogens is 314 g/mol. The third kappa shape index (κ3) is 3.29. The second-order valence-electron chi connectivity index (χ2n) is 5.02. The van der Waals surface area contributed by atoms with Crippen LogP contribution in [0.1, 0.15) is 26.3 Å². The second-order valence-corrected chi connectivity index (χ2v) is 6.88. The Bertz CT molecular complexity index is 792. The third-order valence-corrected chi connectivity index (χ3v) is 5.46. The van der Waals surface area contributed by atoms with Gasteiger partial charge in [-0.25, -0.2) is 13.2 Å². The molecule has 0 fully saturated rings. The van der Waals surface area contributed by atoms with Crippen molar-refractivity contribution < 1.29 is 13.2 Å². The van der Waals surface area contributed by atoms with Crippen LogP contribution in [0.2, 0.25) is 0 Å². The molecule has 0 N–H and O–H groups in total. The molecule has 1 heterocycles. The van der Waals surface area contributed by atoms with Crippen molar-refractivity contribution in [2.45, 2.75) is 37.1 Å². The van der Waals surface area contributed by atoms with Gasteiger partial charge in [0.25, 0.3) is 0 Å². The quantitative estimate of drug-likeness (QED) is 0.842. The normalized spacial score (nSPS) is 11.4. The fourth-order valence-corrected chi connectivity index (χ4v) is 3.84. The van der Waals surface area contributed by atoms with Crippen LogP contribution in [-0.4, -0.2) is 42.2 Å². The summed E-state index contributed by atoms with van der Waals surface area (Å²) >= 11 is 0. The predicted octanol–water partition coefficient (Wildman–Crippen LogP) is 2.59. The smallest absolute Gasteiger partial charge is 0.323 e.